The molecule has 0 unspecified atom stereocenters. The molecule has 0 saturated heterocycles. The highest BCUT2D eigenvalue weighted by Gasteiger charge is 2.24. The zero-order valence-corrected chi connectivity index (χ0v) is 16.8. The highest BCUT2D eigenvalue weighted by Crippen LogP contribution is 2.29. The van der Waals surface area contributed by atoms with Gasteiger partial charge >= 0.3 is 11.6 Å². The summed E-state index contributed by atoms with van der Waals surface area (Å²) in [6.07, 6.45) is 4.67. The molecule has 156 valence electrons. The summed E-state index contributed by atoms with van der Waals surface area (Å²) in [6.45, 7) is 3.52. The molecule has 7 nitrogen and oxygen atoms in total. The zero-order chi connectivity index (χ0) is 21.0. The van der Waals surface area contributed by atoms with E-state index in [2.05, 4.69) is 5.32 Å². The first-order chi connectivity index (χ1) is 13.9. The van der Waals surface area contributed by atoms with Gasteiger partial charge in [-0.15, -0.1) is 0 Å². The van der Waals surface area contributed by atoms with E-state index in [1.54, 1.807) is 19.1 Å². The molecule has 1 aliphatic rings. The lowest BCUT2D eigenvalue weighted by Crippen LogP contribution is -2.46. The number of unbranched alkanes of at least 4 members (excludes halogenated alkanes) is 1. The molecule has 0 radical (unpaired) electrons. The number of hydrogen-bond acceptors (Lipinski definition) is 5. The summed E-state index contributed by atoms with van der Waals surface area (Å²) in [5.41, 5.74) is 1.93. The molecule has 0 bridgehead atoms. The minimum atomic E-state index is -1.06. The van der Waals surface area contributed by atoms with Gasteiger partial charge in [-0.3, -0.25) is 4.79 Å². The van der Waals surface area contributed by atoms with Crippen LogP contribution in [0.1, 0.15) is 57.1 Å². The summed E-state index contributed by atoms with van der Waals surface area (Å²) in [7, 11) is 0. The topological polar surface area (TPSA) is 106 Å². The summed E-state index contributed by atoms with van der Waals surface area (Å²) in [4.78, 5) is 35.9. The number of ether oxygens (including phenoxy) is 1. The molecule has 2 aromatic rings. The van der Waals surface area contributed by atoms with Crippen molar-refractivity contribution in [2.24, 2.45) is 0 Å². The second-order valence-corrected chi connectivity index (χ2v) is 7.51. The van der Waals surface area contributed by atoms with Crippen molar-refractivity contribution in [1.82, 2.24) is 5.32 Å². The van der Waals surface area contributed by atoms with Gasteiger partial charge in [-0.2, -0.15) is 0 Å². The lowest BCUT2D eigenvalue weighted by Gasteiger charge is -2.19. The molecule has 1 aromatic carbocycles. The fourth-order valence-corrected chi connectivity index (χ4v) is 3.71. The van der Waals surface area contributed by atoms with Crippen LogP contribution in [0.15, 0.2) is 27.4 Å². The first-order valence-corrected chi connectivity index (χ1v) is 10.2. The van der Waals surface area contributed by atoms with Crippen LogP contribution in [0.3, 0.4) is 0 Å². The van der Waals surface area contributed by atoms with Crippen molar-refractivity contribution in [2.75, 3.05) is 0 Å². The summed E-state index contributed by atoms with van der Waals surface area (Å²) < 4.78 is 11.2. The number of carboxylic acids is 1. The van der Waals surface area contributed by atoms with Crippen molar-refractivity contribution >= 4 is 22.8 Å². The third kappa shape index (κ3) is 4.78. The van der Waals surface area contributed by atoms with Crippen molar-refractivity contribution in [3.63, 3.8) is 0 Å². The smallest absolute Gasteiger partial charge is 0.339 e. The predicted octanol–water partition coefficient (Wildman–Crippen LogP) is 3.20. The van der Waals surface area contributed by atoms with E-state index in [1.807, 2.05) is 13.0 Å². The highest BCUT2D eigenvalue weighted by atomic mass is 16.5. The van der Waals surface area contributed by atoms with Gasteiger partial charge in [0.05, 0.1) is 0 Å². The highest BCUT2D eigenvalue weighted by molar-refractivity contribution is 5.86. The third-order valence-electron chi connectivity index (χ3n) is 5.34. The number of aliphatic carboxylic acids is 1. The van der Waals surface area contributed by atoms with E-state index < -0.39 is 24.0 Å². The minimum absolute atomic E-state index is 0.310. The molecule has 0 aliphatic heterocycles. The second-order valence-electron chi connectivity index (χ2n) is 7.51. The first-order valence-electron chi connectivity index (χ1n) is 10.2. The maximum absolute atomic E-state index is 12.4. The Kier molecular flexibility index (Phi) is 6.56. The normalized spacial score (nSPS) is 15.4. The number of fused-ring (bicyclic) bond motifs is 3. The number of amides is 1. The van der Waals surface area contributed by atoms with Gasteiger partial charge in [0.1, 0.15) is 17.4 Å². The minimum Gasteiger partial charge on any atom is -0.481 e. The summed E-state index contributed by atoms with van der Waals surface area (Å²) in [5, 5.41) is 12.7. The molecule has 3 rings (SSSR count). The largest absolute Gasteiger partial charge is 0.481 e. The van der Waals surface area contributed by atoms with Crippen LogP contribution in [0.2, 0.25) is 0 Å². The number of hydrogen-bond donors (Lipinski definition) is 2. The Morgan fingerprint density at radius 2 is 1.97 bits per heavy atom. The quantitative estimate of drug-likeness (QED) is 0.658. The summed E-state index contributed by atoms with van der Waals surface area (Å²) >= 11 is 0. The van der Waals surface area contributed by atoms with Gasteiger partial charge in [0.15, 0.2) is 6.10 Å². The molecule has 1 aliphatic carbocycles. The Morgan fingerprint density at radius 1 is 1.24 bits per heavy atom. The number of carbonyl (C=O) groups excluding carboxylic acids is 1. The molecule has 1 heterocycles. The van der Waals surface area contributed by atoms with Gasteiger partial charge in [-0.05, 0) is 56.7 Å². The molecule has 0 saturated carbocycles. The van der Waals surface area contributed by atoms with E-state index in [-0.39, 0.29) is 5.63 Å². The number of aryl methyl sites for hydroxylation is 1. The Morgan fingerprint density at radius 3 is 2.66 bits per heavy atom. The molecule has 1 aromatic heterocycles. The van der Waals surface area contributed by atoms with Gasteiger partial charge < -0.3 is 19.6 Å². The van der Waals surface area contributed by atoms with Gasteiger partial charge in [0.2, 0.25) is 0 Å². The second kappa shape index (κ2) is 9.11. The van der Waals surface area contributed by atoms with E-state index in [0.717, 1.165) is 48.6 Å². The summed E-state index contributed by atoms with van der Waals surface area (Å²) in [6, 6.07) is 4.27. The van der Waals surface area contributed by atoms with Crippen molar-refractivity contribution in [3.05, 3.63) is 39.7 Å². The molecule has 1 amide bonds. The zero-order valence-electron chi connectivity index (χ0n) is 16.8. The number of benzene rings is 1. The summed E-state index contributed by atoms with van der Waals surface area (Å²) in [5.74, 6) is -1.17. The van der Waals surface area contributed by atoms with Crippen LogP contribution < -0.4 is 15.7 Å². The molecule has 0 spiro atoms. The molecular formula is C22H27NO6. The first kappa shape index (κ1) is 20.9. The Bertz CT molecular complexity index is 964. The number of carboxylic acid groups (broad SMARTS) is 1. The van der Waals surface area contributed by atoms with Crippen molar-refractivity contribution < 1.29 is 23.8 Å². The van der Waals surface area contributed by atoms with Crippen LogP contribution in [0.5, 0.6) is 5.75 Å². The average molecular weight is 401 g/mol. The van der Waals surface area contributed by atoms with Crippen molar-refractivity contribution in [2.45, 2.75) is 70.9 Å². The lowest BCUT2D eigenvalue weighted by atomic mass is 9.91. The molecule has 2 atom stereocenters. The van der Waals surface area contributed by atoms with E-state index in [1.165, 1.54) is 0 Å². The number of nitrogens with one attached hydrogen (secondary N) is 1. The SMILES string of the molecule is CCCC[C@H](NC(=O)[C@@H](C)Oc1ccc2c3c(c(=O)oc2c1)CCCC3)C(=O)O. The maximum atomic E-state index is 12.4. The van der Waals surface area contributed by atoms with Crippen LogP contribution in [-0.2, 0) is 22.4 Å². The van der Waals surface area contributed by atoms with E-state index in [0.29, 0.717) is 24.2 Å². The Hall–Kier alpha value is -2.83. The molecule has 7 heteroatoms. The van der Waals surface area contributed by atoms with Crippen LogP contribution in [-0.4, -0.2) is 29.1 Å². The van der Waals surface area contributed by atoms with Crippen LogP contribution in [0, 0.1) is 0 Å². The fourth-order valence-electron chi connectivity index (χ4n) is 3.71. The van der Waals surface area contributed by atoms with Crippen LogP contribution in [0.4, 0.5) is 0 Å². The van der Waals surface area contributed by atoms with Gasteiger partial charge in [-0.1, -0.05) is 19.8 Å². The Balaban J connectivity index is 1.74. The van der Waals surface area contributed by atoms with E-state index >= 15 is 0 Å². The Labute approximate surface area is 169 Å². The average Bonchev–Trinajstić information content (AvgIpc) is 2.70. The van der Waals surface area contributed by atoms with Crippen LogP contribution in [0.25, 0.3) is 11.0 Å². The monoisotopic (exact) mass is 401 g/mol. The van der Waals surface area contributed by atoms with E-state index in [9.17, 15) is 19.5 Å². The number of carbonyl (C=O) groups is 2. The van der Waals surface area contributed by atoms with Gasteiger partial charge in [0.25, 0.3) is 5.91 Å². The molecular weight excluding hydrogens is 374 g/mol. The lowest BCUT2D eigenvalue weighted by molar-refractivity contribution is -0.143. The van der Waals surface area contributed by atoms with Crippen molar-refractivity contribution in [1.29, 1.82) is 0 Å². The maximum Gasteiger partial charge on any atom is 0.339 e. The van der Waals surface area contributed by atoms with Gasteiger partial charge in [-0.25, -0.2) is 9.59 Å². The van der Waals surface area contributed by atoms with Crippen LogP contribution >= 0.6 is 0 Å². The standard InChI is InChI=1S/C22H27NO6/c1-3-4-9-18(21(25)26)23-20(24)13(2)28-14-10-11-16-15-7-5-6-8-17(15)22(27)29-19(16)12-14/h10-13,18H,3-9H2,1-2H3,(H,23,24)(H,25,26)/t13-,18+/m1/s1. The van der Waals surface area contributed by atoms with E-state index in [4.69, 9.17) is 9.15 Å². The third-order valence-corrected chi connectivity index (χ3v) is 5.34. The molecule has 29 heavy (non-hydrogen) atoms. The molecule has 0 fully saturated rings. The van der Waals surface area contributed by atoms with Crippen molar-refractivity contribution in [3.8, 4) is 5.75 Å². The molecule has 2 N–H and O–H groups in total. The number of rotatable bonds is 8. The fraction of sp³-hybridized carbons (Fsp3) is 0.500. The predicted molar refractivity (Wildman–Crippen MR) is 108 cm³/mol. The van der Waals surface area contributed by atoms with Gasteiger partial charge in [0, 0.05) is 17.0 Å².